The van der Waals surface area contributed by atoms with E-state index in [1.807, 2.05) is 13.8 Å². The van der Waals surface area contributed by atoms with Gasteiger partial charge in [-0.05, 0) is 25.8 Å². The molecule has 0 radical (unpaired) electrons. The Kier molecular flexibility index (Phi) is 5.07. The Hall–Kier alpha value is -1.17. The number of carbonyl (C=O) groups excluding carboxylic acids is 1. The van der Waals surface area contributed by atoms with Crippen molar-refractivity contribution in [3.8, 4) is 0 Å². The van der Waals surface area contributed by atoms with Crippen molar-refractivity contribution in [3.63, 3.8) is 0 Å². The maximum absolute atomic E-state index is 12.0. The molecule has 0 fully saturated rings. The Bertz CT molecular complexity index is 517. The maximum Gasteiger partial charge on any atom is 0.180 e. The molecule has 102 valence electrons. The van der Waals surface area contributed by atoms with Gasteiger partial charge >= 0.3 is 0 Å². The highest BCUT2D eigenvalue weighted by Gasteiger charge is 2.14. The minimum Gasteiger partial charge on any atom is -0.292 e. The molecule has 0 atom stereocenters. The highest BCUT2D eigenvalue weighted by Crippen LogP contribution is 2.10. The van der Waals surface area contributed by atoms with Gasteiger partial charge in [-0.2, -0.15) is 5.10 Å². The molecule has 0 saturated carbocycles. The second kappa shape index (κ2) is 6.13. The van der Waals surface area contributed by atoms with Gasteiger partial charge in [0.1, 0.15) is 15.5 Å². The highest BCUT2D eigenvalue weighted by atomic mass is 32.2. The second-order valence-electron chi connectivity index (χ2n) is 4.35. The van der Waals surface area contributed by atoms with Crippen molar-refractivity contribution in [3.05, 3.63) is 17.5 Å². The van der Waals surface area contributed by atoms with Crippen LogP contribution in [0.5, 0.6) is 0 Å². The number of ketones is 1. The van der Waals surface area contributed by atoms with Crippen molar-refractivity contribution >= 4 is 15.6 Å². The first-order valence-electron chi connectivity index (χ1n) is 6.15. The lowest BCUT2D eigenvalue weighted by Gasteiger charge is -2.03. The lowest BCUT2D eigenvalue weighted by atomic mass is 10.1. The molecule has 0 aromatic carbocycles. The molecule has 1 aromatic rings. The zero-order chi connectivity index (χ0) is 13.8. The molecule has 1 rings (SSSR count). The van der Waals surface area contributed by atoms with Crippen LogP contribution in [0.2, 0.25) is 0 Å². The van der Waals surface area contributed by atoms with E-state index in [1.54, 1.807) is 10.7 Å². The van der Waals surface area contributed by atoms with Crippen molar-refractivity contribution in [1.29, 1.82) is 0 Å². The standard InChI is InChI=1S/C12H20N2O3S/c1-4-10-9-11(14(5-2)13-10)12(15)7-6-8-18(3,16)17/h9H,4-8H2,1-3H3. The lowest BCUT2D eigenvalue weighted by molar-refractivity contribution is 0.0971. The summed E-state index contributed by atoms with van der Waals surface area (Å²) in [5.41, 5.74) is 1.48. The van der Waals surface area contributed by atoms with Crippen molar-refractivity contribution < 1.29 is 13.2 Å². The first kappa shape index (κ1) is 14.9. The van der Waals surface area contributed by atoms with Gasteiger partial charge in [0.25, 0.3) is 0 Å². The summed E-state index contributed by atoms with van der Waals surface area (Å²) in [6.45, 7) is 4.56. The van der Waals surface area contributed by atoms with Crippen molar-refractivity contribution in [1.82, 2.24) is 9.78 Å². The molecule has 0 N–H and O–H groups in total. The van der Waals surface area contributed by atoms with E-state index in [0.29, 0.717) is 18.7 Å². The number of aromatic nitrogens is 2. The smallest absolute Gasteiger partial charge is 0.180 e. The average molecular weight is 272 g/mol. The number of carbonyl (C=O) groups is 1. The van der Waals surface area contributed by atoms with E-state index in [0.717, 1.165) is 12.1 Å². The highest BCUT2D eigenvalue weighted by molar-refractivity contribution is 7.90. The van der Waals surface area contributed by atoms with Crippen LogP contribution in [-0.4, -0.2) is 36.0 Å². The van der Waals surface area contributed by atoms with Crippen LogP contribution in [-0.2, 0) is 22.8 Å². The molecule has 0 unspecified atom stereocenters. The second-order valence-corrected chi connectivity index (χ2v) is 6.61. The number of hydrogen-bond acceptors (Lipinski definition) is 4. The number of Topliss-reactive ketones (excluding diaryl/α,β-unsaturated/α-hetero) is 1. The molecular weight excluding hydrogens is 252 g/mol. The average Bonchev–Trinajstić information content (AvgIpc) is 2.70. The minimum atomic E-state index is -2.99. The van der Waals surface area contributed by atoms with Gasteiger partial charge in [-0.1, -0.05) is 6.92 Å². The zero-order valence-corrected chi connectivity index (χ0v) is 12.0. The van der Waals surface area contributed by atoms with E-state index in [1.165, 1.54) is 6.26 Å². The molecule has 0 aliphatic carbocycles. The fourth-order valence-corrected chi connectivity index (χ4v) is 2.40. The SMILES string of the molecule is CCc1cc(C(=O)CCCS(C)(=O)=O)n(CC)n1. The first-order chi connectivity index (χ1) is 8.37. The molecule has 0 bridgehead atoms. The van der Waals surface area contributed by atoms with Gasteiger partial charge in [0.05, 0.1) is 11.4 Å². The maximum atomic E-state index is 12.0. The third kappa shape index (κ3) is 4.25. The Morgan fingerprint density at radius 2 is 2.06 bits per heavy atom. The summed E-state index contributed by atoms with van der Waals surface area (Å²) in [6, 6.07) is 1.80. The fraction of sp³-hybridized carbons (Fsp3) is 0.667. The quantitative estimate of drug-likeness (QED) is 0.705. The molecule has 1 aromatic heterocycles. The van der Waals surface area contributed by atoms with Gasteiger partial charge in [-0.3, -0.25) is 9.48 Å². The van der Waals surface area contributed by atoms with E-state index in [9.17, 15) is 13.2 Å². The van der Waals surface area contributed by atoms with E-state index < -0.39 is 9.84 Å². The van der Waals surface area contributed by atoms with Crippen LogP contribution in [0.25, 0.3) is 0 Å². The lowest BCUT2D eigenvalue weighted by Crippen LogP contribution is -2.11. The van der Waals surface area contributed by atoms with E-state index in [2.05, 4.69) is 5.10 Å². The largest absolute Gasteiger partial charge is 0.292 e. The van der Waals surface area contributed by atoms with Crippen LogP contribution in [0.15, 0.2) is 6.07 Å². The molecule has 0 aliphatic rings. The van der Waals surface area contributed by atoms with Crippen LogP contribution in [0.1, 0.15) is 42.9 Å². The van der Waals surface area contributed by atoms with Crippen molar-refractivity contribution in [2.24, 2.45) is 0 Å². The van der Waals surface area contributed by atoms with Crippen LogP contribution in [0.4, 0.5) is 0 Å². The van der Waals surface area contributed by atoms with Gasteiger partial charge in [-0.25, -0.2) is 8.42 Å². The molecule has 1 heterocycles. The molecule has 0 spiro atoms. The summed E-state index contributed by atoms with van der Waals surface area (Å²) in [6.07, 6.45) is 2.59. The summed E-state index contributed by atoms with van der Waals surface area (Å²) in [5, 5.41) is 4.30. The van der Waals surface area contributed by atoms with Crippen molar-refractivity contribution in [2.75, 3.05) is 12.0 Å². The molecule has 0 amide bonds. The monoisotopic (exact) mass is 272 g/mol. The van der Waals surface area contributed by atoms with Crippen LogP contribution < -0.4 is 0 Å². The third-order valence-corrected chi connectivity index (χ3v) is 3.73. The molecule has 5 nitrogen and oxygen atoms in total. The number of nitrogens with zero attached hydrogens (tertiary/aromatic N) is 2. The topological polar surface area (TPSA) is 69.0 Å². The fourth-order valence-electron chi connectivity index (χ4n) is 1.73. The van der Waals surface area contributed by atoms with E-state index in [-0.39, 0.29) is 18.0 Å². The number of rotatable bonds is 7. The number of aryl methyl sites for hydroxylation is 2. The molecule has 18 heavy (non-hydrogen) atoms. The molecule has 0 aliphatic heterocycles. The summed E-state index contributed by atoms with van der Waals surface area (Å²) < 4.78 is 23.7. The summed E-state index contributed by atoms with van der Waals surface area (Å²) in [4.78, 5) is 12.0. The molecule has 6 heteroatoms. The predicted octanol–water partition coefficient (Wildman–Crippen LogP) is 1.47. The van der Waals surface area contributed by atoms with Crippen LogP contribution in [0, 0.1) is 0 Å². The zero-order valence-electron chi connectivity index (χ0n) is 11.1. The van der Waals surface area contributed by atoms with Gasteiger partial charge in [0.15, 0.2) is 5.78 Å². The number of hydrogen-bond donors (Lipinski definition) is 0. The third-order valence-electron chi connectivity index (χ3n) is 2.70. The Labute approximate surface area is 108 Å². The summed E-state index contributed by atoms with van der Waals surface area (Å²) in [5.74, 6) is 0.0207. The van der Waals surface area contributed by atoms with Gasteiger partial charge in [0, 0.05) is 19.2 Å². The summed E-state index contributed by atoms with van der Waals surface area (Å²) >= 11 is 0. The van der Waals surface area contributed by atoms with Crippen molar-refractivity contribution in [2.45, 2.75) is 39.7 Å². The van der Waals surface area contributed by atoms with Gasteiger partial charge < -0.3 is 0 Å². The molecular formula is C12H20N2O3S. The Morgan fingerprint density at radius 1 is 1.39 bits per heavy atom. The van der Waals surface area contributed by atoms with Gasteiger partial charge in [-0.15, -0.1) is 0 Å². The minimum absolute atomic E-state index is 0.0345. The first-order valence-corrected chi connectivity index (χ1v) is 8.21. The predicted molar refractivity (Wildman–Crippen MR) is 70.6 cm³/mol. The molecule has 0 saturated heterocycles. The number of sulfone groups is 1. The Morgan fingerprint density at radius 3 is 2.56 bits per heavy atom. The van der Waals surface area contributed by atoms with E-state index in [4.69, 9.17) is 0 Å². The normalized spacial score (nSPS) is 11.7. The summed E-state index contributed by atoms with van der Waals surface area (Å²) in [7, 11) is -2.99. The van der Waals surface area contributed by atoms with Gasteiger partial charge in [0.2, 0.25) is 0 Å². The Balaban J connectivity index is 2.69. The van der Waals surface area contributed by atoms with E-state index >= 15 is 0 Å². The van der Waals surface area contributed by atoms with Crippen LogP contribution >= 0.6 is 0 Å². The van der Waals surface area contributed by atoms with Crippen LogP contribution in [0.3, 0.4) is 0 Å².